The van der Waals surface area contributed by atoms with Crippen molar-refractivity contribution in [3.63, 3.8) is 0 Å². The molecule has 0 atom stereocenters. The van der Waals surface area contributed by atoms with Gasteiger partial charge < -0.3 is 20.5 Å². The molecular formula is C21H24FN3O3. The molecule has 0 saturated heterocycles. The molecular weight excluding hydrogens is 361 g/mol. The Morgan fingerprint density at radius 1 is 1.32 bits per heavy atom. The molecule has 0 saturated carbocycles. The summed E-state index contributed by atoms with van der Waals surface area (Å²) in [5.74, 6) is 5.06. The minimum absolute atomic E-state index is 0.00242. The Kier molecular flexibility index (Phi) is 8.25. The highest BCUT2D eigenvalue weighted by molar-refractivity contribution is 5.98. The Morgan fingerprint density at radius 2 is 2.14 bits per heavy atom. The van der Waals surface area contributed by atoms with E-state index in [1.807, 2.05) is 0 Å². The van der Waals surface area contributed by atoms with Crippen LogP contribution < -0.4 is 15.8 Å². The molecule has 1 heterocycles. The number of hydrogen-bond acceptors (Lipinski definition) is 5. The largest absolute Gasteiger partial charge is 0.490 e. The van der Waals surface area contributed by atoms with Gasteiger partial charge in [0.2, 0.25) is 0 Å². The van der Waals surface area contributed by atoms with Crippen molar-refractivity contribution in [3.8, 4) is 17.6 Å². The molecule has 1 amide bonds. The Balaban J connectivity index is 1.97. The first-order valence-corrected chi connectivity index (χ1v) is 8.89. The van der Waals surface area contributed by atoms with Gasteiger partial charge >= 0.3 is 0 Å². The van der Waals surface area contributed by atoms with E-state index in [0.717, 1.165) is 0 Å². The number of aromatic nitrogens is 1. The summed E-state index contributed by atoms with van der Waals surface area (Å²) in [6, 6.07) is 8.06. The first-order valence-electron chi connectivity index (χ1n) is 8.89. The average molecular weight is 385 g/mol. The van der Waals surface area contributed by atoms with E-state index in [4.69, 9.17) is 15.2 Å². The van der Waals surface area contributed by atoms with Gasteiger partial charge in [-0.1, -0.05) is 12.1 Å². The maximum Gasteiger partial charge on any atom is 0.255 e. The van der Waals surface area contributed by atoms with Crippen LogP contribution in [0.1, 0.15) is 41.4 Å². The lowest BCUT2D eigenvalue weighted by molar-refractivity contribution is 0.0951. The van der Waals surface area contributed by atoms with Gasteiger partial charge in [0.1, 0.15) is 5.82 Å². The number of carbonyl (C=O) groups excluding carboxylic acids is 1. The van der Waals surface area contributed by atoms with E-state index in [1.54, 1.807) is 44.4 Å². The van der Waals surface area contributed by atoms with Gasteiger partial charge in [-0.25, -0.2) is 9.37 Å². The van der Waals surface area contributed by atoms with Crippen LogP contribution in [0.4, 0.5) is 10.2 Å². The number of pyridine rings is 1. The molecule has 3 N–H and O–H groups in total. The molecule has 28 heavy (non-hydrogen) atoms. The van der Waals surface area contributed by atoms with Gasteiger partial charge in [-0.15, -0.1) is 11.8 Å². The van der Waals surface area contributed by atoms with E-state index >= 15 is 0 Å². The number of hydrogen-bond donors (Lipinski definition) is 2. The number of carbonyl (C=O) groups is 1. The lowest BCUT2D eigenvalue weighted by atomic mass is 10.1. The highest BCUT2D eigenvalue weighted by Gasteiger charge is 2.14. The molecule has 0 radical (unpaired) electrons. The molecule has 1 aromatic carbocycles. The minimum Gasteiger partial charge on any atom is -0.490 e. The second-order valence-electron chi connectivity index (χ2n) is 5.96. The third kappa shape index (κ3) is 5.96. The first kappa shape index (κ1) is 21.2. The summed E-state index contributed by atoms with van der Waals surface area (Å²) >= 11 is 0. The number of nitrogens with one attached hydrogen (secondary N) is 1. The molecule has 7 heteroatoms. The summed E-state index contributed by atoms with van der Waals surface area (Å²) in [5, 5.41) is 2.66. The number of anilines is 1. The molecule has 0 fully saturated rings. The van der Waals surface area contributed by atoms with Crippen LogP contribution in [0.5, 0.6) is 5.75 Å². The molecule has 0 aliphatic rings. The fraction of sp³-hybridized carbons (Fsp3) is 0.333. The Bertz CT molecular complexity index is 875. The molecule has 0 aliphatic carbocycles. The minimum atomic E-state index is -0.495. The lowest BCUT2D eigenvalue weighted by Crippen LogP contribution is -2.25. The zero-order chi connectivity index (χ0) is 20.4. The van der Waals surface area contributed by atoms with Gasteiger partial charge in [0, 0.05) is 25.6 Å². The van der Waals surface area contributed by atoms with Gasteiger partial charge in [0.15, 0.2) is 11.6 Å². The number of nitrogen functional groups attached to an aromatic ring is 1. The van der Waals surface area contributed by atoms with Gasteiger partial charge in [-0.2, -0.15) is 0 Å². The number of amides is 1. The van der Waals surface area contributed by atoms with E-state index < -0.39 is 11.7 Å². The fourth-order valence-corrected chi connectivity index (χ4v) is 2.48. The molecule has 148 valence electrons. The van der Waals surface area contributed by atoms with E-state index in [9.17, 15) is 9.18 Å². The van der Waals surface area contributed by atoms with Crippen LogP contribution in [0, 0.1) is 17.7 Å². The number of benzene rings is 1. The van der Waals surface area contributed by atoms with Gasteiger partial charge in [0.05, 0.1) is 24.5 Å². The second kappa shape index (κ2) is 10.9. The Hall–Kier alpha value is -3.11. The molecule has 0 bridgehead atoms. The smallest absolute Gasteiger partial charge is 0.255 e. The van der Waals surface area contributed by atoms with Crippen LogP contribution in [0.3, 0.4) is 0 Å². The standard InChI is InChI=1S/C21H24FN3O3/c1-3-4-5-6-12-28-18-9-7-8-15(19(18)22)13-24-21(26)17-11-10-16(14-27-2)25-20(17)23/h7-11H,5-6,12-14H2,1-2H3,(H2,23,25)(H,24,26). The van der Waals surface area contributed by atoms with Gasteiger partial charge in [-0.05, 0) is 31.5 Å². The molecule has 0 aliphatic heterocycles. The van der Waals surface area contributed by atoms with Crippen LogP contribution in [-0.2, 0) is 17.9 Å². The van der Waals surface area contributed by atoms with Crippen LogP contribution in [0.2, 0.25) is 0 Å². The van der Waals surface area contributed by atoms with Gasteiger partial charge in [-0.3, -0.25) is 4.79 Å². The van der Waals surface area contributed by atoms with E-state index in [0.29, 0.717) is 37.3 Å². The molecule has 0 unspecified atom stereocenters. The first-order chi connectivity index (χ1) is 13.6. The second-order valence-corrected chi connectivity index (χ2v) is 5.96. The summed E-state index contributed by atoms with van der Waals surface area (Å²) in [4.78, 5) is 16.5. The number of rotatable bonds is 9. The highest BCUT2D eigenvalue weighted by Crippen LogP contribution is 2.21. The van der Waals surface area contributed by atoms with Crippen molar-refractivity contribution < 1.29 is 18.7 Å². The molecule has 2 aromatic rings. The Morgan fingerprint density at radius 3 is 2.86 bits per heavy atom. The Labute approximate surface area is 164 Å². The number of nitrogens with two attached hydrogens (primary N) is 1. The average Bonchev–Trinajstić information content (AvgIpc) is 2.68. The van der Waals surface area contributed by atoms with Crippen molar-refractivity contribution in [2.24, 2.45) is 0 Å². The number of ether oxygens (including phenoxy) is 2. The van der Waals surface area contributed by atoms with Crippen molar-refractivity contribution in [1.82, 2.24) is 10.3 Å². The summed E-state index contributed by atoms with van der Waals surface area (Å²) in [6.07, 6.45) is 1.42. The number of methoxy groups -OCH3 is 1. The van der Waals surface area contributed by atoms with Crippen LogP contribution in [0.25, 0.3) is 0 Å². The SMILES string of the molecule is CC#CCCCOc1cccc(CNC(=O)c2ccc(COC)nc2N)c1F. The third-order valence-electron chi connectivity index (χ3n) is 3.88. The van der Waals surface area contributed by atoms with Crippen LogP contribution >= 0.6 is 0 Å². The number of halogens is 1. The quantitative estimate of drug-likeness (QED) is 0.512. The van der Waals surface area contributed by atoms with Gasteiger partial charge in [0.25, 0.3) is 5.91 Å². The topological polar surface area (TPSA) is 86.5 Å². The van der Waals surface area contributed by atoms with E-state index in [1.165, 1.54) is 0 Å². The predicted octanol–water partition coefficient (Wildman–Crippen LogP) is 3.06. The summed E-state index contributed by atoms with van der Waals surface area (Å²) in [5.41, 5.74) is 7.00. The fourth-order valence-electron chi connectivity index (χ4n) is 2.48. The predicted molar refractivity (Wildman–Crippen MR) is 105 cm³/mol. The van der Waals surface area contributed by atoms with Crippen molar-refractivity contribution >= 4 is 11.7 Å². The number of nitrogens with zero attached hydrogens (tertiary/aromatic N) is 1. The third-order valence-corrected chi connectivity index (χ3v) is 3.88. The summed E-state index contributed by atoms with van der Waals surface area (Å²) in [7, 11) is 1.55. The van der Waals surface area contributed by atoms with Crippen molar-refractivity contribution in [2.75, 3.05) is 19.5 Å². The summed E-state index contributed by atoms with van der Waals surface area (Å²) < 4.78 is 25.0. The van der Waals surface area contributed by atoms with Crippen molar-refractivity contribution in [1.29, 1.82) is 0 Å². The molecule has 1 aromatic heterocycles. The summed E-state index contributed by atoms with van der Waals surface area (Å²) in [6.45, 7) is 2.45. The lowest BCUT2D eigenvalue weighted by Gasteiger charge is -2.11. The molecule has 6 nitrogen and oxygen atoms in total. The van der Waals surface area contributed by atoms with Crippen LogP contribution in [0.15, 0.2) is 30.3 Å². The van der Waals surface area contributed by atoms with Crippen molar-refractivity contribution in [3.05, 3.63) is 53.0 Å². The van der Waals surface area contributed by atoms with Crippen molar-refractivity contribution in [2.45, 2.75) is 32.9 Å². The van der Waals surface area contributed by atoms with E-state index in [2.05, 4.69) is 22.1 Å². The van der Waals surface area contributed by atoms with Crippen LogP contribution in [-0.4, -0.2) is 24.6 Å². The van der Waals surface area contributed by atoms with E-state index in [-0.39, 0.29) is 23.7 Å². The molecule has 2 rings (SSSR count). The maximum absolute atomic E-state index is 14.6. The zero-order valence-corrected chi connectivity index (χ0v) is 16.0. The number of unbranched alkanes of at least 4 members (excludes halogenated alkanes) is 1. The molecule has 0 spiro atoms. The normalized spacial score (nSPS) is 10.1. The highest BCUT2D eigenvalue weighted by atomic mass is 19.1. The monoisotopic (exact) mass is 385 g/mol. The zero-order valence-electron chi connectivity index (χ0n) is 16.0. The maximum atomic E-state index is 14.6.